The third kappa shape index (κ3) is 11.4. The minimum Gasteiger partial charge on any atom is -0.394 e. The summed E-state index contributed by atoms with van der Waals surface area (Å²) in [5, 5.41) is 35.2. The molecule has 0 rings (SSSR count). The predicted molar refractivity (Wildman–Crippen MR) is 69.7 cm³/mol. The van der Waals surface area contributed by atoms with Crippen LogP contribution in [-0.4, -0.2) is 73.7 Å². The van der Waals surface area contributed by atoms with Crippen LogP contribution in [0.4, 0.5) is 0 Å². The van der Waals surface area contributed by atoms with Gasteiger partial charge >= 0.3 is 23.5 Å². The summed E-state index contributed by atoms with van der Waals surface area (Å²) in [5.74, 6) is 0. The van der Waals surface area contributed by atoms with Gasteiger partial charge in [-0.25, -0.2) is 13.7 Å². The SMILES string of the molecule is O=P(O)(O)OP(=O)(O)OP(=O)(OCC(O)CO)OCC(O)CO. The highest BCUT2D eigenvalue weighted by atomic mass is 31.3. The van der Waals surface area contributed by atoms with Crippen molar-refractivity contribution in [3.63, 3.8) is 0 Å². The summed E-state index contributed by atoms with van der Waals surface area (Å²) in [7, 11) is -16.2. The van der Waals surface area contributed by atoms with Crippen molar-refractivity contribution < 1.29 is 66.5 Å². The Morgan fingerprint density at radius 1 is 0.783 bits per heavy atom. The Hall–Kier alpha value is 0.250. The monoisotopic (exact) mass is 406 g/mol. The molecule has 0 spiro atoms. The smallest absolute Gasteiger partial charge is 0.394 e. The molecule has 0 amide bonds. The lowest BCUT2D eigenvalue weighted by Gasteiger charge is -2.21. The van der Waals surface area contributed by atoms with Crippen molar-refractivity contribution in [2.24, 2.45) is 0 Å². The molecule has 0 aliphatic heterocycles. The first kappa shape index (κ1) is 23.2. The highest BCUT2D eigenvalue weighted by molar-refractivity contribution is 7.66. The van der Waals surface area contributed by atoms with Gasteiger partial charge in [0.25, 0.3) is 0 Å². The minimum atomic E-state index is -5.64. The van der Waals surface area contributed by atoms with E-state index in [0.29, 0.717) is 0 Å². The van der Waals surface area contributed by atoms with Crippen molar-refractivity contribution in [2.75, 3.05) is 26.4 Å². The van der Waals surface area contributed by atoms with Crippen LogP contribution in [0.15, 0.2) is 0 Å². The number of rotatable bonds is 12. The van der Waals surface area contributed by atoms with E-state index in [1.807, 2.05) is 0 Å². The molecule has 0 aliphatic carbocycles. The third-order valence-electron chi connectivity index (χ3n) is 1.68. The lowest BCUT2D eigenvalue weighted by Crippen LogP contribution is -2.22. The van der Waals surface area contributed by atoms with Crippen LogP contribution in [0.25, 0.3) is 0 Å². The molecule has 0 aromatic carbocycles. The molecule has 14 nitrogen and oxygen atoms in total. The number of aliphatic hydroxyl groups is 4. The third-order valence-corrected chi connectivity index (χ3v) is 5.92. The summed E-state index contributed by atoms with van der Waals surface area (Å²) < 4.78 is 49.9. The highest BCUT2D eigenvalue weighted by Gasteiger charge is 2.43. The topological polar surface area (TPSA) is 230 Å². The Kier molecular flexibility index (Phi) is 9.77. The Morgan fingerprint density at radius 3 is 1.48 bits per heavy atom. The van der Waals surface area contributed by atoms with E-state index in [9.17, 15) is 13.7 Å². The quantitative estimate of drug-likeness (QED) is 0.175. The zero-order valence-electron chi connectivity index (χ0n) is 11.3. The van der Waals surface area contributed by atoms with Crippen LogP contribution in [-0.2, 0) is 31.4 Å². The average Bonchev–Trinajstić information content (AvgIpc) is 2.38. The number of hydrogen-bond acceptors (Lipinski definition) is 11. The maximum absolute atomic E-state index is 12.0. The van der Waals surface area contributed by atoms with Crippen molar-refractivity contribution in [3.8, 4) is 0 Å². The van der Waals surface area contributed by atoms with Gasteiger partial charge in [-0.2, -0.15) is 8.62 Å². The molecule has 3 atom stereocenters. The number of phosphoric ester groups is 1. The van der Waals surface area contributed by atoms with Gasteiger partial charge in [-0.1, -0.05) is 0 Å². The summed E-state index contributed by atoms with van der Waals surface area (Å²) >= 11 is 0. The molecule has 0 aliphatic rings. The molecule has 0 saturated heterocycles. The van der Waals surface area contributed by atoms with E-state index in [1.165, 1.54) is 0 Å². The van der Waals surface area contributed by atoms with Crippen LogP contribution >= 0.6 is 23.5 Å². The number of hydrogen-bond donors (Lipinski definition) is 7. The fourth-order valence-corrected chi connectivity index (χ4v) is 4.45. The summed E-state index contributed by atoms with van der Waals surface area (Å²) in [4.78, 5) is 25.9. The van der Waals surface area contributed by atoms with Gasteiger partial charge in [0, 0.05) is 0 Å². The molecular weight excluding hydrogens is 389 g/mol. The van der Waals surface area contributed by atoms with Crippen LogP contribution in [0.2, 0.25) is 0 Å². The van der Waals surface area contributed by atoms with Gasteiger partial charge < -0.3 is 35.1 Å². The Morgan fingerprint density at radius 2 is 1.17 bits per heavy atom. The largest absolute Gasteiger partial charge is 0.490 e. The molecule has 3 unspecified atom stereocenters. The van der Waals surface area contributed by atoms with Crippen molar-refractivity contribution in [3.05, 3.63) is 0 Å². The van der Waals surface area contributed by atoms with Gasteiger partial charge in [0.2, 0.25) is 0 Å². The van der Waals surface area contributed by atoms with Crippen molar-refractivity contribution in [2.45, 2.75) is 12.2 Å². The zero-order chi connectivity index (χ0) is 18.3. The molecule has 7 N–H and O–H groups in total. The molecule has 140 valence electrons. The molecule has 0 fully saturated rings. The van der Waals surface area contributed by atoms with E-state index in [0.717, 1.165) is 0 Å². The first-order chi connectivity index (χ1) is 10.3. The molecule has 0 radical (unpaired) electrons. The van der Waals surface area contributed by atoms with E-state index >= 15 is 0 Å². The van der Waals surface area contributed by atoms with E-state index in [-0.39, 0.29) is 0 Å². The maximum atomic E-state index is 12.0. The predicted octanol–water partition coefficient (Wildman–Crippen LogP) is -1.94. The van der Waals surface area contributed by atoms with Crippen molar-refractivity contribution >= 4 is 23.5 Å². The molecular formula is C6H17O14P3. The van der Waals surface area contributed by atoms with Crippen LogP contribution < -0.4 is 0 Å². The summed E-state index contributed by atoms with van der Waals surface area (Å²) in [6.07, 6.45) is -3.20. The maximum Gasteiger partial charge on any atom is 0.490 e. The first-order valence-electron chi connectivity index (χ1n) is 5.60. The van der Waals surface area contributed by atoms with Gasteiger partial charge in [-0.3, -0.25) is 9.05 Å². The molecule has 0 aromatic rings. The van der Waals surface area contributed by atoms with Crippen LogP contribution in [0.1, 0.15) is 0 Å². The average molecular weight is 406 g/mol. The lowest BCUT2D eigenvalue weighted by atomic mass is 10.4. The fourth-order valence-electron chi connectivity index (χ4n) is 0.820. The minimum absolute atomic E-state index is 0.852. The van der Waals surface area contributed by atoms with Crippen LogP contribution in [0.5, 0.6) is 0 Å². The Bertz CT molecular complexity index is 469. The zero-order valence-corrected chi connectivity index (χ0v) is 14.0. The standard InChI is InChI=1S/C6H17O14P3/c7-1-5(9)3-17-23(16,18-4-6(10)2-8)20-22(14,15)19-21(11,12)13/h5-10H,1-4H2,(H,14,15)(H2,11,12,13). The number of phosphoric acid groups is 3. The number of aliphatic hydroxyl groups excluding tert-OH is 4. The van der Waals surface area contributed by atoms with E-state index in [4.69, 9.17) is 35.1 Å². The normalized spacial score (nSPS) is 20.5. The fraction of sp³-hybridized carbons (Fsp3) is 1.00. The van der Waals surface area contributed by atoms with Crippen molar-refractivity contribution in [1.82, 2.24) is 0 Å². The van der Waals surface area contributed by atoms with Gasteiger partial charge in [0.05, 0.1) is 26.4 Å². The Balaban J connectivity index is 5.06. The highest BCUT2D eigenvalue weighted by Crippen LogP contribution is 2.68. The second-order valence-electron chi connectivity index (χ2n) is 3.83. The van der Waals surface area contributed by atoms with Crippen LogP contribution in [0.3, 0.4) is 0 Å². The first-order valence-corrected chi connectivity index (χ1v) is 10.1. The second kappa shape index (κ2) is 9.66. The Labute approximate surface area is 129 Å². The van der Waals surface area contributed by atoms with Crippen molar-refractivity contribution in [1.29, 1.82) is 0 Å². The van der Waals surface area contributed by atoms with Gasteiger partial charge in [-0.05, 0) is 0 Å². The van der Waals surface area contributed by atoms with Gasteiger partial charge in [0.1, 0.15) is 12.2 Å². The second-order valence-corrected chi connectivity index (χ2v) is 8.47. The van der Waals surface area contributed by atoms with Gasteiger partial charge in [0.15, 0.2) is 0 Å². The van der Waals surface area contributed by atoms with Gasteiger partial charge in [-0.15, -0.1) is 0 Å². The molecule has 0 bridgehead atoms. The molecule has 0 heterocycles. The molecule has 23 heavy (non-hydrogen) atoms. The van der Waals surface area contributed by atoms with E-state index in [2.05, 4.69) is 17.7 Å². The van der Waals surface area contributed by atoms with E-state index < -0.39 is 62.1 Å². The molecule has 0 saturated carbocycles. The molecule has 0 aromatic heterocycles. The van der Waals surface area contributed by atoms with E-state index in [1.54, 1.807) is 0 Å². The summed E-state index contributed by atoms with van der Waals surface area (Å²) in [5.41, 5.74) is 0. The molecule has 17 heteroatoms. The summed E-state index contributed by atoms with van der Waals surface area (Å²) in [6.45, 7) is -3.57. The summed E-state index contributed by atoms with van der Waals surface area (Å²) in [6, 6.07) is 0. The lowest BCUT2D eigenvalue weighted by molar-refractivity contribution is 0.0159. The van der Waals surface area contributed by atoms with Crippen LogP contribution in [0, 0.1) is 0 Å².